The van der Waals surface area contributed by atoms with Crippen LogP contribution in [0, 0.1) is 11.8 Å². The third-order valence-corrected chi connectivity index (χ3v) is 2.15. The Labute approximate surface area is 67.2 Å². The number of carbonyl (C=O) groups is 1. The number of rotatable bonds is 3. The third-order valence-electron chi connectivity index (χ3n) is 2.15. The van der Waals surface area contributed by atoms with Gasteiger partial charge in [-0.15, -0.1) is 0 Å². The van der Waals surface area contributed by atoms with Crippen LogP contribution in [-0.4, -0.2) is 12.6 Å². The van der Waals surface area contributed by atoms with Crippen molar-refractivity contribution in [2.24, 2.45) is 11.8 Å². The lowest BCUT2D eigenvalue weighted by Gasteiger charge is -1.97. The van der Waals surface area contributed by atoms with Gasteiger partial charge in [0, 0.05) is 0 Å². The van der Waals surface area contributed by atoms with Gasteiger partial charge in [-0.05, 0) is 19.3 Å². The van der Waals surface area contributed by atoms with E-state index in [0.29, 0.717) is 12.5 Å². The van der Waals surface area contributed by atoms with Crippen molar-refractivity contribution in [1.82, 2.24) is 0 Å². The maximum atomic E-state index is 11.1. The summed E-state index contributed by atoms with van der Waals surface area (Å²) in [4.78, 5) is 11.1. The van der Waals surface area contributed by atoms with Gasteiger partial charge in [0.05, 0.1) is 12.5 Å². The molecular weight excluding hydrogens is 140 g/mol. The standard InChI is InChI=1S/C9H14O2/c1-4-7-6(3)8(7)9(10)11-5-2/h7-8H,3-5H2,1-2H3. The minimum atomic E-state index is -0.0932. The second kappa shape index (κ2) is 3.07. The van der Waals surface area contributed by atoms with Crippen molar-refractivity contribution in [3.63, 3.8) is 0 Å². The van der Waals surface area contributed by atoms with E-state index in [-0.39, 0.29) is 11.9 Å². The van der Waals surface area contributed by atoms with Crippen molar-refractivity contribution in [2.75, 3.05) is 6.61 Å². The summed E-state index contributed by atoms with van der Waals surface area (Å²) in [6, 6.07) is 0. The first kappa shape index (κ1) is 8.31. The molecule has 1 aliphatic carbocycles. The first-order valence-electron chi connectivity index (χ1n) is 4.07. The molecule has 2 heteroatoms. The van der Waals surface area contributed by atoms with E-state index < -0.39 is 0 Å². The summed E-state index contributed by atoms with van der Waals surface area (Å²) < 4.78 is 4.87. The second-order valence-electron chi connectivity index (χ2n) is 2.82. The lowest BCUT2D eigenvalue weighted by atomic mass is 10.2. The van der Waals surface area contributed by atoms with Gasteiger partial charge in [0.1, 0.15) is 0 Å². The molecule has 0 N–H and O–H groups in total. The van der Waals surface area contributed by atoms with Crippen LogP contribution in [0.5, 0.6) is 0 Å². The van der Waals surface area contributed by atoms with Crippen LogP contribution >= 0.6 is 0 Å². The Morgan fingerprint density at radius 1 is 1.64 bits per heavy atom. The quantitative estimate of drug-likeness (QED) is 0.457. The first-order valence-corrected chi connectivity index (χ1v) is 4.07. The van der Waals surface area contributed by atoms with Crippen molar-refractivity contribution in [3.8, 4) is 0 Å². The first-order chi connectivity index (χ1) is 5.22. The van der Waals surface area contributed by atoms with Gasteiger partial charge in [-0.1, -0.05) is 19.1 Å². The molecule has 1 fully saturated rings. The Morgan fingerprint density at radius 3 is 2.64 bits per heavy atom. The number of ether oxygens (including phenoxy) is 1. The molecule has 0 bridgehead atoms. The highest BCUT2D eigenvalue weighted by molar-refractivity contribution is 5.81. The molecule has 2 atom stereocenters. The van der Waals surface area contributed by atoms with E-state index in [1.54, 1.807) is 0 Å². The van der Waals surface area contributed by atoms with Gasteiger partial charge in [0.25, 0.3) is 0 Å². The summed E-state index contributed by atoms with van der Waals surface area (Å²) in [5.74, 6) is 0.318. The van der Waals surface area contributed by atoms with Crippen LogP contribution in [0.1, 0.15) is 20.3 Å². The fourth-order valence-electron chi connectivity index (χ4n) is 1.42. The Hall–Kier alpha value is -0.790. The summed E-state index contributed by atoms with van der Waals surface area (Å²) in [7, 11) is 0. The highest BCUT2D eigenvalue weighted by Gasteiger charge is 2.47. The van der Waals surface area contributed by atoms with Crippen molar-refractivity contribution >= 4 is 5.97 Å². The van der Waals surface area contributed by atoms with E-state index >= 15 is 0 Å². The Balaban J connectivity index is 2.40. The number of esters is 1. The molecule has 0 heterocycles. The van der Waals surface area contributed by atoms with E-state index in [1.165, 1.54) is 0 Å². The molecule has 0 amide bonds. The molecular formula is C9H14O2. The number of carbonyl (C=O) groups excluding carboxylic acids is 1. The van der Waals surface area contributed by atoms with Gasteiger partial charge < -0.3 is 4.74 Å². The Kier molecular flexibility index (Phi) is 2.32. The lowest BCUT2D eigenvalue weighted by Crippen LogP contribution is -2.07. The lowest BCUT2D eigenvalue weighted by molar-refractivity contribution is -0.144. The highest BCUT2D eigenvalue weighted by Crippen LogP contribution is 2.47. The Bertz CT molecular complexity index is 184. The van der Waals surface area contributed by atoms with E-state index in [4.69, 9.17) is 4.74 Å². The van der Waals surface area contributed by atoms with Crippen molar-refractivity contribution in [3.05, 3.63) is 12.2 Å². The average molecular weight is 154 g/mol. The highest BCUT2D eigenvalue weighted by atomic mass is 16.5. The van der Waals surface area contributed by atoms with Gasteiger partial charge in [0.15, 0.2) is 0 Å². The monoisotopic (exact) mass is 154 g/mol. The summed E-state index contributed by atoms with van der Waals surface area (Å²) in [5, 5.41) is 0. The van der Waals surface area contributed by atoms with E-state index in [2.05, 4.69) is 13.5 Å². The minimum Gasteiger partial charge on any atom is -0.466 e. The molecule has 0 aromatic carbocycles. The summed E-state index contributed by atoms with van der Waals surface area (Å²) in [5.41, 5.74) is 1.05. The SMILES string of the molecule is C=C1C(CC)C1C(=O)OCC. The van der Waals surface area contributed by atoms with Crippen LogP contribution in [-0.2, 0) is 9.53 Å². The second-order valence-corrected chi connectivity index (χ2v) is 2.82. The molecule has 0 aromatic heterocycles. The average Bonchev–Trinajstić information content (AvgIpc) is 2.61. The van der Waals surface area contributed by atoms with Crippen LogP contribution < -0.4 is 0 Å². The normalized spacial score (nSPS) is 28.4. The molecule has 0 spiro atoms. The number of hydrogen-bond donors (Lipinski definition) is 0. The van der Waals surface area contributed by atoms with Crippen LogP contribution in [0.4, 0.5) is 0 Å². The predicted octanol–water partition coefficient (Wildman–Crippen LogP) is 1.76. The molecule has 62 valence electrons. The molecule has 1 rings (SSSR count). The molecule has 0 radical (unpaired) electrons. The zero-order chi connectivity index (χ0) is 8.43. The topological polar surface area (TPSA) is 26.3 Å². The van der Waals surface area contributed by atoms with Crippen molar-refractivity contribution < 1.29 is 9.53 Å². The molecule has 0 saturated heterocycles. The van der Waals surface area contributed by atoms with Crippen molar-refractivity contribution in [1.29, 1.82) is 0 Å². The molecule has 11 heavy (non-hydrogen) atoms. The van der Waals surface area contributed by atoms with Crippen LogP contribution in [0.3, 0.4) is 0 Å². The fraction of sp³-hybridized carbons (Fsp3) is 0.667. The summed E-state index contributed by atoms with van der Waals surface area (Å²) >= 11 is 0. The van der Waals surface area contributed by atoms with Gasteiger partial charge in [-0.2, -0.15) is 0 Å². The van der Waals surface area contributed by atoms with Crippen LogP contribution in [0.15, 0.2) is 12.2 Å². The molecule has 2 unspecified atom stereocenters. The van der Waals surface area contributed by atoms with E-state index in [1.807, 2.05) is 6.92 Å². The summed E-state index contributed by atoms with van der Waals surface area (Å²) in [6.45, 7) is 8.16. The number of hydrogen-bond acceptors (Lipinski definition) is 2. The maximum Gasteiger partial charge on any atom is 0.313 e. The predicted molar refractivity (Wildman–Crippen MR) is 43.0 cm³/mol. The van der Waals surface area contributed by atoms with E-state index in [0.717, 1.165) is 12.0 Å². The van der Waals surface area contributed by atoms with Gasteiger partial charge in [-0.25, -0.2) is 0 Å². The summed E-state index contributed by atoms with van der Waals surface area (Å²) in [6.07, 6.45) is 1.00. The van der Waals surface area contributed by atoms with Gasteiger partial charge >= 0.3 is 5.97 Å². The zero-order valence-electron chi connectivity index (χ0n) is 7.09. The van der Waals surface area contributed by atoms with Crippen molar-refractivity contribution in [2.45, 2.75) is 20.3 Å². The van der Waals surface area contributed by atoms with E-state index in [9.17, 15) is 4.79 Å². The largest absolute Gasteiger partial charge is 0.466 e. The third kappa shape index (κ3) is 1.44. The van der Waals surface area contributed by atoms with Gasteiger partial charge in [0.2, 0.25) is 0 Å². The molecule has 2 nitrogen and oxygen atoms in total. The van der Waals surface area contributed by atoms with Gasteiger partial charge in [-0.3, -0.25) is 4.79 Å². The maximum absolute atomic E-state index is 11.1. The fourth-order valence-corrected chi connectivity index (χ4v) is 1.42. The molecule has 1 saturated carbocycles. The minimum absolute atomic E-state index is 0.0138. The molecule has 0 aromatic rings. The zero-order valence-corrected chi connectivity index (χ0v) is 7.09. The molecule has 1 aliphatic rings. The van der Waals surface area contributed by atoms with Crippen LogP contribution in [0.2, 0.25) is 0 Å². The Morgan fingerprint density at radius 2 is 2.27 bits per heavy atom. The van der Waals surface area contributed by atoms with Crippen LogP contribution in [0.25, 0.3) is 0 Å². The smallest absolute Gasteiger partial charge is 0.313 e. The molecule has 0 aliphatic heterocycles.